The lowest BCUT2D eigenvalue weighted by Crippen LogP contribution is -1.97. The molecule has 0 aliphatic carbocycles. The van der Waals surface area contributed by atoms with Gasteiger partial charge in [0.25, 0.3) is 0 Å². The summed E-state index contributed by atoms with van der Waals surface area (Å²) < 4.78 is 0. The first-order chi connectivity index (χ1) is 5.33. The second-order valence-electron chi connectivity index (χ2n) is 1.51. The lowest BCUT2D eigenvalue weighted by molar-refractivity contribution is 0.970. The van der Waals surface area contributed by atoms with Crippen molar-refractivity contribution in [3.63, 3.8) is 0 Å². The fourth-order valence-electron chi connectivity index (χ4n) is 0.413. The lowest BCUT2D eigenvalue weighted by Gasteiger charge is -1.87. The summed E-state index contributed by atoms with van der Waals surface area (Å²) in [7, 11) is 1.38. The Labute approximate surface area is 80.0 Å². The first kappa shape index (κ1) is 8.55. The first-order valence-electron chi connectivity index (χ1n) is 2.56. The number of nitrogens with two attached hydrogens (primary N) is 1. The van der Waals surface area contributed by atoms with E-state index in [4.69, 9.17) is 5.73 Å². The van der Waals surface area contributed by atoms with Gasteiger partial charge in [-0.25, -0.2) is 4.98 Å². The summed E-state index contributed by atoms with van der Waals surface area (Å²) in [5, 5.41) is 9.98. The predicted molar refractivity (Wildman–Crippen MR) is 52.7 cm³/mol. The third-order valence-corrected chi connectivity index (χ3v) is 1.64. The number of aromatic nitrogens is 3. The van der Waals surface area contributed by atoms with E-state index in [0.29, 0.717) is 5.69 Å². The van der Waals surface area contributed by atoms with Gasteiger partial charge in [0, 0.05) is 21.2 Å². The summed E-state index contributed by atoms with van der Waals surface area (Å²) in [6.07, 6.45) is 1.49. The molecule has 0 aromatic carbocycles. The van der Waals surface area contributed by atoms with Crippen molar-refractivity contribution in [2.75, 3.05) is 5.73 Å². The zero-order valence-electron chi connectivity index (χ0n) is 5.28. The fourth-order valence-corrected chi connectivity index (χ4v) is 0.886. The van der Waals surface area contributed by atoms with Crippen molar-refractivity contribution < 1.29 is 0 Å². The number of rotatable bonds is 0. The maximum atomic E-state index is 5.22. The summed E-state index contributed by atoms with van der Waals surface area (Å²) in [5.41, 5.74) is 5.75. The van der Waals surface area contributed by atoms with Gasteiger partial charge in [-0.15, -0.1) is 10.2 Å². The van der Waals surface area contributed by atoms with E-state index in [1.54, 1.807) is 0 Å². The second kappa shape index (κ2) is 4.35. The Kier molecular flexibility index (Phi) is 3.38. The van der Waals surface area contributed by atoms with Gasteiger partial charge >= 0.3 is 0 Å². The second-order valence-corrected chi connectivity index (χ2v) is 3.19. The van der Waals surface area contributed by atoms with Gasteiger partial charge in [-0.2, -0.15) is 0 Å². The van der Waals surface area contributed by atoms with Gasteiger partial charge in [0.1, 0.15) is 0 Å². The van der Waals surface area contributed by atoms with Crippen LogP contribution in [0.3, 0.4) is 0 Å². The van der Waals surface area contributed by atoms with Crippen LogP contribution in [-0.2, 0) is 0 Å². The fraction of sp³-hybridized carbons (Fsp3) is 0. The molecule has 1 rings (SSSR count). The number of nitrogens with zero attached hydrogens (tertiary/aromatic N) is 3. The van der Waals surface area contributed by atoms with E-state index in [2.05, 4.69) is 47.6 Å². The van der Waals surface area contributed by atoms with Crippen LogP contribution in [0.25, 0.3) is 0 Å². The minimum atomic E-state index is 0.165. The summed E-state index contributed by atoms with van der Waals surface area (Å²) in [5.74, 6) is 2.90. The molecule has 1 heterocycles. The van der Waals surface area contributed by atoms with Crippen molar-refractivity contribution in [2.45, 2.75) is 0 Å². The average molecular weight is 278 g/mol. The van der Waals surface area contributed by atoms with E-state index in [1.807, 2.05) is 0 Å². The Morgan fingerprint density at radius 2 is 2.36 bits per heavy atom. The molecule has 2 N–H and O–H groups in total. The van der Waals surface area contributed by atoms with E-state index in [9.17, 15) is 0 Å². The molecule has 0 radical (unpaired) electrons. The van der Waals surface area contributed by atoms with Crippen molar-refractivity contribution in [3.8, 4) is 11.2 Å². The standard InChI is InChI=1S/C5H3IN4S/c6-11-2-1-4-3-8-5(7)10-9-4/h3H,(H2,7,8,10). The van der Waals surface area contributed by atoms with Crippen LogP contribution in [-0.4, -0.2) is 15.2 Å². The van der Waals surface area contributed by atoms with E-state index < -0.39 is 0 Å². The van der Waals surface area contributed by atoms with Crippen LogP contribution in [0.2, 0.25) is 0 Å². The molecule has 56 valence electrons. The monoisotopic (exact) mass is 278 g/mol. The SMILES string of the molecule is Nc1ncc(C#CSI)nn1. The van der Waals surface area contributed by atoms with E-state index in [-0.39, 0.29) is 5.95 Å². The van der Waals surface area contributed by atoms with Crippen molar-refractivity contribution in [3.05, 3.63) is 11.9 Å². The van der Waals surface area contributed by atoms with Crippen LogP contribution in [0.4, 0.5) is 5.95 Å². The summed E-state index contributed by atoms with van der Waals surface area (Å²) in [4.78, 5) is 3.72. The topological polar surface area (TPSA) is 64.7 Å². The molecule has 0 amide bonds. The smallest absolute Gasteiger partial charge is 0.240 e. The summed E-state index contributed by atoms with van der Waals surface area (Å²) in [6, 6.07) is 0. The number of anilines is 1. The highest BCUT2D eigenvalue weighted by Crippen LogP contribution is 2.07. The van der Waals surface area contributed by atoms with E-state index in [0.717, 1.165) is 0 Å². The molecule has 6 heteroatoms. The highest BCUT2D eigenvalue weighted by Gasteiger charge is 1.89. The van der Waals surface area contributed by atoms with Gasteiger partial charge in [0.05, 0.1) is 6.20 Å². The molecule has 11 heavy (non-hydrogen) atoms. The van der Waals surface area contributed by atoms with Gasteiger partial charge in [-0.1, -0.05) is 0 Å². The molecular weight excluding hydrogens is 275 g/mol. The van der Waals surface area contributed by atoms with Crippen molar-refractivity contribution in [1.29, 1.82) is 0 Å². The van der Waals surface area contributed by atoms with Crippen molar-refractivity contribution in [1.82, 2.24) is 15.2 Å². The third kappa shape index (κ3) is 2.90. The molecule has 0 unspecified atom stereocenters. The van der Waals surface area contributed by atoms with Gasteiger partial charge in [-0.05, 0) is 20.1 Å². The Balaban J connectivity index is 2.82. The molecule has 0 fully saturated rings. The van der Waals surface area contributed by atoms with Gasteiger partial charge in [-0.3, -0.25) is 0 Å². The number of hydrogen-bond acceptors (Lipinski definition) is 5. The molecule has 0 saturated carbocycles. The van der Waals surface area contributed by atoms with Crippen LogP contribution in [0.1, 0.15) is 5.69 Å². The zero-order valence-corrected chi connectivity index (χ0v) is 8.26. The highest BCUT2D eigenvalue weighted by atomic mass is 127. The normalized spacial score (nSPS) is 8.45. The van der Waals surface area contributed by atoms with Crippen molar-refractivity contribution in [2.24, 2.45) is 0 Å². The molecule has 1 aromatic heterocycles. The molecule has 0 aliphatic rings. The minimum absolute atomic E-state index is 0.165. The maximum Gasteiger partial charge on any atom is 0.240 e. The van der Waals surface area contributed by atoms with Crippen LogP contribution < -0.4 is 5.73 Å². The number of nitrogen functional groups attached to an aromatic ring is 1. The van der Waals surface area contributed by atoms with E-state index in [1.165, 1.54) is 15.1 Å². The molecule has 0 saturated heterocycles. The van der Waals surface area contributed by atoms with Crippen LogP contribution in [0, 0.1) is 11.2 Å². The highest BCUT2D eigenvalue weighted by molar-refractivity contribution is 14.2. The predicted octanol–water partition coefficient (Wildman–Crippen LogP) is 0.846. The van der Waals surface area contributed by atoms with Gasteiger partial charge < -0.3 is 5.73 Å². The Hall–Kier alpha value is -0.550. The van der Waals surface area contributed by atoms with Crippen LogP contribution in [0.5, 0.6) is 0 Å². The van der Waals surface area contributed by atoms with Crippen LogP contribution >= 0.6 is 30.1 Å². The zero-order chi connectivity index (χ0) is 8.10. The van der Waals surface area contributed by atoms with Crippen molar-refractivity contribution >= 4 is 36.1 Å². The third-order valence-electron chi connectivity index (χ3n) is 0.797. The maximum absolute atomic E-state index is 5.22. The Bertz CT molecular complexity index is 288. The Morgan fingerprint density at radius 3 is 2.91 bits per heavy atom. The quantitative estimate of drug-likeness (QED) is 0.563. The largest absolute Gasteiger partial charge is 0.366 e. The summed E-state index contributed by atoms with van der Waals surface area (Å²) >= 11 is 2.07. The van der Waals surface area contributed by atoms with Gasteiger partial charge in [0.15, 0.2) is 5.69 Å². The first-order valence-corrected chi connectivity index (χ1v) is 5.92. The number of hydrogen-bond donors (Lipinski definition) is 1. The molecule has 0 aliphatic heterocycles. The molecule has 0 atom stereocenters. The molecule has 0 spiro atoms. The van der Waals surface area contributed by atoms with Gasteiger partial charge in [0.2, 0.25) is 5.95 Å². The molecular formula is C5H3IN4S. The van der Waals surface area contributed by atoms with Crippen LogP contribution in [0.15, 0.2) is 6.20 Å². The van der Waals surface area contributed by atoms with E-state index >= 15 is 0 Å². The Morgan fingerprint density at radius 1 is 1.55 bits per heavy atom. The minimum Gasteiger partial charge on any atom is -0.366 e. The number of halogens is 1. The summed E-state index contributed by atoms with van der Waals surface area (Å²) in [6.45, 7) is 0. The average Bonchev–Trinajstić information content (AvgIpc) is 2.04. The lowest BCUT2D eigenvalue weighted by atomic mass is 10.5. The molecule has 4 nitrogen and oxygen atoms in total. The molecule has 1 aromatic rings. The molecule has 0 bridgehead atoms.